The van der Waals surface area contributed by atoms with Gasteiger partial charge < -0.3 is 19.9 Å². The van der Waals surface area contributed by atoms with Crippen LogP contribution in [-0.4, -0.2) is 65.8 Å². The molecule has 0 radical (unpaired) electrons. The maximum absolute atomic E-state index is 12.4. The molecule has 2 amide bonds. The molecule has 0 aliphatic carbocycles. The minimum Gasteiger partial charge on any atom is -0.368 e. The Morgan fingerprint density at radius 3 is 2.43 bits per heavy atom. The summed E-state index contributed by atoms with van der Waals surface area (Å²) in [6, 6.07) is 12.6. The number of nitrogens with one attached hydrogen (secondary N) is 1. The Morgan fingerprint density at radius 1 is 1.00 bits per heavy atom. The fraction of sp³-hybridized carbons (Fsp3) is 0.400. The van der Waals surface area contributed by atoms with E-state index in [-0.39, 0.29) is 17.9 Å². The van der Waals surface area contributed by atoms with Crippen LogP contribution >= 0.6 is 0 Å². The minimum absolute atomic E-state index is 0.0993. The van der Waals surface area contributed by atoms with Crippen molar-refractivity contribution < 1.29 is 14.3 Å². The molecule has 2 fully saturated rings. The molecule has 8 heteroatoms. The predicted octanol–water partition coefficient (Wildman–Crippen LogP) is 1.56. The lowest BCUT2D eigenvalue weighted by atomic mass is 10.2. The molecule has 0 bridgehead atoms. The maximum atomic E-state index is 12.4. The SMILES string of the molecule is O=C(Nc1ccc(N2CCN(C(=O)[C@H]3CCCO3)CC2)nn1)c1ccccc1. The van der Waals surface area contributed by atoms with E-state index in [0.717, 1.165) is 18.7 Å². The van der Waals surface area contributed by atoms with Crippen molar-refractivity contribution in [1.82, 2.24) is 15.1 Å². The van der Waals surface area contributed by atoms with Gasteiger partial charge in [-0.15, -0.1) is 10.2 Å². The molecule has 2 aliphatic heterocycles. The molecule has 4 rings (SSSR count). The molecule has 3 heterocycles. The molecule has 2 aromatic rings. The van der Waals surface area contributed by atoms with Gasteiger partial charge in [0.15, 0.2) is 11.6 Å². The van der Waals surface area contributed by atoms with E-state index < -0.39 is 0 Å². The summed E-state index contributed by atoms with van der Waals surface area (Å²) in [7, 11) is 0. The summed E-state index contributed by atoms with van der Waals surface area (Å²) in [6.45, 7) is 3.37. The monoisotopic (exact) mass is 381 g/mol. The van der Waals surface area contributed by atoms with Crippen LogP contribution in [0.5, 0.6) is 0 Å². The summed E-state index contributed by atoms with van der Waals surface area (Å²) in [5.41, 5.74) is 0.570. The minimum atomic E-state index is -0.265. The van der Waals surface area contributed by atoms with Crippen molar-refractivity contribution in [3.05, 3.63) is 48.0 Å². The van der Waals surface area contributed by atoms with Gasteiger partial charge in [0.1, 0.15) is 6.10 Å². The van der Waals surface area contributed by atoms with Crippen LogP contribution < -0.4 is 10.2 Å². The van der Waals surface area contributed by atoms with E-state index in [1.807, 2.05) is 29.2 Å². The Morgan fingerprint density at radius 2 is 1.79 bits per heavy atom. The van der Waals surface area contributed by atoms with Crippen molar-refractivity contribution in [2.75, 3.05) is 43.0 Å². The van der Waals surface area contributed by atoms with Gasteiger partial charge in [-0.2, -0.15) is 0 Å². The van der Waals surface area contributed by atoms with E-state index in [2.05, 4.69) is 20.4 Å². The van der Waals surface area contributed by atoms with E-state index >= 15 is 0 Å². The predicted molar refractivity (Wildman–Crippen MR) is 104 cm³/mol. The second-order valence-corrected chi connectivity index (χ2v) is 6.91. The van der Waals surface area contributed by atoms with Crippen molar-refractivity contribution >= 4 is 23.5 Å². The molecular formula is C20H23N5O3. The van der Waals surface area contributed by atoms with Gasteiger partial charge in [0.05, 0.1) is 0 Å². The number of hydrogen-bond acceptors (Lipinski definition) is 6. The van der Waals surface area contributed by atoms with E-state index in [1.54, 1.807) is 18.2 Å². The van der Waals surface area contributed by atoms with Gasteiger partial charge in [0.25, 0.3) is 11.8 Å². The third-order valence-corrected chi connectivity index (χ3v) is 5.05. The summed E-state index contributed by atoms with van der Waals surface area (Å²) in [4.78, 5) is 28.6. The zero-order chi connectivity index (χ0) is 19.3. The molecule has 8 nitrogen and oxygen atoms in total. The van der Waals surface area contributed by atoms with Crippen molar-refractivity contribution in [3.63, 3.8) is 0 Å². The fourth-order valence-electron chi connectivity index (χ4n) is 3.47. The third-order valence-electron chi connectivity index (χ3n) is 5.05. The molecule has 0 spiro atoms. The highest BCUT2D eigenvalue weighted by molar-refractivity contribution is 6.03. The number of carbonyl (C=O) groups excluding carboxylic acids is 2. The number of benzene rings is 1. The van der Waals surface area contributed by atoms with E-state index in [9.17, 15) is 9.59 Å². The highest BCUT2D eigenvalue weighted by Crippen LogP contribution is 2.18. The van der Waals surface area contributed by atoms with Crippen LogP contribution in [0.4, 0.5) is 11.6 Å². The first kappa shape index (κ1) is 18.4. The van der Waals surface area contributed by atoms with Crippen molar-refractivity contribution in [1.29, 1.82) is 0 Å². The van der Waals surface area contributed by atoms with E-state index in [1.165, 1.54) is 0 Å². The Hall–Kier alpha value is -3.00. The molecular weight excluding hydrogens is 358 g/mol. The average Bonchev–Trinajstić information content (AvgIpc) is 3.29. The van der Waals surface area contributed by atoms with Gasteiger partial charge >= 0.3 is 0 Å². The van der Waals surface area contributed by atoms with Crippen molar-refractivity contribution in [2.45, 2.75) is 18.9 Å². The zero-order valence-corrected chi connectivity index (χ0v) is 15.6. The Balaban J connectivity index is 1.31. The number of anilines is 2. The summed E-state index contributed by atoms with van der Waals surface area (Å²) in [5.74, 6) is 1.03. The number of carbonyl (C=O) groups is 2. The summed E-state index contributed by atoms with van der Waals surface area (Å²) in [6.07, 6.45) is 1.51. The molecule has 0 unspecified atom stereocenters. The number of amides is 2. The summed E-state index contributed by atoms with van der Waals surface area (Å²) < 4.78 is 5.49. The largest absolute Gasteiger partial charge is 0.368 e. The topological polar surface area (TPSA) is 87.7 Å². The van der Waals surface area contributed by atoms with Crippen LogP contribution in [-0.2, 0) is 9.53 Å². The third kappa shape index (κ3) is 4.12. The Labute approximate surface area is 163 Å². The second kappa shape index (κ2) is 8.35. The molecule has 0 saturated carbocycles. The van der Waals surface area contributed by atoms with Crippen molar-refractivity contribution in [2.24, 2.45) is 0 Å². The number of ether oxygens (including phenoxy) is 1. The van der Waals surface area contributed by atoms with Crippen LogP contribution in [0, 0.1) is 0 Å². The molecule has 2 saturated heterocycles. The molecule has 1 atom stereocenters. The van der Waals surface area contributed by atoms with Crippen LogP contribution in [0.15, 0.2) is 42.5 Å². The first-order valence-electron chi connectivity index (χ1n) is 9.56. The second-order valence-electron chi connectivity index (χ2n) is 6.91. The standard InChI is InChI=1S/C20H23N5O3/c26-19(15-5-2-1-3-6-15)21-17-8-9-18(23-22-17)24-10-12-25(13-11-24)20(27)16-7-4-14-28-16/h1-3,5-6,8-9,16H,4,7,10-14H2,(H,21,22,26)/t16-/m1/s1. The van der Waals surface area contributed by atoms with Gasteiger partial charge in [-0.25, -0.2) is 0 Å². The summed E-state index contributed by atoms with van der Waals surface area (Å²) >= 11 is 0. The first-order chi connectivity index (χ1) is 13.7. The van der Waals surface area contributed by atoms with Crippen LogP contribution in [0.3, 0.4) is 0 Å². The van der Waals surface area contributed by atoms with Crippen LogP contribution in [0.2, 0.25) is 0 Å². The first-order valence-corrected chi connectivity index (χ1v) is 9.56. The lowest BCUT2D eigenvalue weighted by Crippen LogP contribution is -2.51. The van der Waals surface area contributed by atoms with Crippen LogP contribution in [0.25, 0.3) is 0 Å². The number of rotatable bonds is 4. The molecule has 1 N–H and O–H groups in total. The zero-order valence-electron chi connectivity index (χ0n) is 15.6. The lowest BCUT2D eigenvalue weighted by Gasteiger charge is -2.36. The van der Waals surface area contributed by atoms with Crippen molar-refractivity contribution in [3.8, 4) is 0 Å². The maximum Gasteiger partial charge on any atom is 0.256 e. The van der Waals surface area contributed by atoms with Gasteiger partial charge in [0.2, 0.25) is 0 Å². The van der Waals surface area contributed by atoms with Gasteiger partial charge in [-0.1, -0.05) is 18.2 Å². The molecule has 146 valence electrons. The normalized spacial score (nSPS) is 19.5. The quantitative estimate of drug-likeness (QED) is 0.865. The molecule has 28 heavy (non-hydrogen) atoms. The summed E-state index contributed by atoms with van der Waals surface area (Å²) in [5, 5.41) is 11.1. The van der Waals surface area contributed by atoms with Crippen LogP contribution in [0.1, 0.15) is 23.2 Å². The number of piperazine rings is 1. The Bertz CT molecular complexity index is 813. The van der Waals surface area contributed by atoms with Gasteiger partial charge in [-0.3, -0.25) is 9.59 Å². The van der Waals surface area contributed by atoms with Gasteiger partial charge in [-0.05, 0) is 37.1 Å². The average molecular weight is 381 g/mol. The molecule has 1 aromatic carbocycles. The highest BCUT2D eigenvalue weighted by Gasteiger charge is 2.30. The van der Waals surface area contributed by atoms with Gasteiger partial charge in [0, 0.05) is 38.3 Å². The number of aromatic nitrogens is 2. The highest BCUT2D eigenvalue weighted by atomic mass is 16.5. The number of hydrogen-bond donors (Lipinski definition) is 1. The van der Waals surface area contributed by atoms with E-state index in [4.69, 9.17) is 4.74 Å². The molecule has 2 aliphatic rings. The Kier molecular flexibility index (Phi) is 5.48. The fourth-order valence-corrected chi connectivity index (χ4v) is 3.47. The molecule has 1 aromatic heterocycles. The smallest absolute Gasteiger partial charge is 0.256 e. The number of nitrogens with zero attached hydrogens (tertiary/aromatic N) is 4. The lowest BCUT2D eigenvalue weighted by molar-refractivity contribution is -0.141. The van der Waals surface area contributed by atoms with E-state index in [0.29, 0.717) is 44.2 Å².